The van der Waals surface area contributed by atoms with Crippen molar-refractivity contribution in [2.24, 2.45) is 0 Å². The number of phenolic OH excluding ortho intramolecular Hbond substituents is 1. The molecule has 0 atom stereocenters. The van der Waals surface area contributed by atoms with E-state index >= 15 is 0 Å². The van der Waals surface area contributed by atoms with Gasteiger partial charge in [-0.3, -0.25) is 4.79 Å². The number of benzene rings is 2. The van der Waals surface area contributed by atoms with Gasteiger partial charge in [-0.25, -0.2) is 0 Å². The van der Waals surface area contributed by atoms with Gasteiger partial charge in [0.05, 0.1) is 6.61 Å². The van der Waals surface area contributed by atoms with Crippen LogP contribution in [-0.2, 0) is 4.79 Å². The summed E-state index contributed by atoms with van der Waals surface area (Å²) in [6, 6.07) is 14.0. The second-order valence-corrected chi connectivity index (χ2v) is 4.76. The number of amides is 1. The van der Waals surface area contributed by atoms with Crippen LogP contribution in [-0.4, -0.2) is 17.6 Å². The van der Waals surface area contributed by atoms with E-state index in [4.69, 9.17) is 4.74 Å². The van der Waals surface area contributed by atoms with E-state index in [1.54, 1.807) is 24.3 Å². The molecule has 2 aromatic rings. The van der Waals surface area contributed by atoms with Gasteiger partial charge in [0, 0.05) is 23.4 Å². The van der Waals surface area contributed by atoms with Crippen molar-refractivity contribution in [3.8, 4) is 11.5 Å². The Kier molecular flexibility index (Phi) is 5.60. The Labute approximate surface area is 130 Å². The third-order valence-corrected chi connectivity index (χ3v) is 2.91. The lowest BCUT2D eigenvalue weighted by Crippen LogP contribution is -2.07. The average Bonchev–Trinajstić information content (AvgIpc) is 2.51. The number of carbonyl (C=O) groups excluding carboxylic acids is 1. The lowest BCUT2D eigenvalue weighted by molar-refractivity contribution is -0.111. The summed E-state index contributed by atoms with van der Waals surface area (Å²) in [6.45, 7) is 2.68. The van der Waals surface area contributed by atoms with Crippen molar-refractivity contribution < 1.29 is 14.6 Å². The summed E-state index contributed by atoms with van der Waals surface area (Å²) in [5, 5.41) is 12.1. The van der Waals surface area contributed by atoms with E-state index in [-0.39, 0.29) is 11.7 Å². The maximum atomic E-state index is 11.9. The second-order valence-electron chi connectivity index (χ2n) is 4.76. The smallest absolute Gasteiger partial charge is 0.248 e. The van der Waals surface area contributed by atoms with E-state index in [1.807, 2.05) is 31.2 Å². The number of hydrogen-bond acceptors (Lipinski definition) is 3. The van der Waals surface area contributed by atoms with Gasteiger partial charge >= 0.3 is 0 Å². The van der Waals surface area contributed by atoms with Gasteiger partial charge < -0.3 is 15.2 Å². The minimum Gasteiger partial charge on any atom is -0.508 e. The highest BCUT2D eigenvalue weighted by Gasteiger charge is 2.02. The zero-order valence-electron chi connectivity index (χ0n) is 12.5. The molecule has 0 unspecified atom stereocenters. The normalized spacial score (nSPS) is 10.6. The molecule has 114 valence electrons. The quantitative estimate of drug-likeness (QED) is 0.797. The molecule has 0 radical (unpaired) electrons. The first-order valence-electron chi connectivity index (χ1n) is 7.19. The average molecular weight is 297 g/mol. The third kappa shape index (κ3) is 4.66. The van der Waals surface area contributed by atoms with E-state index in [0.717, 1.165) is 17.7 Å². The number of aromatic hydroxyl groups is 1. The first kappa shape index (κ1) is 15.6. The standard InChI is InChI=1S/C18H19NO3/c1-2-12-22-17-9-4-3-6-14(17)10-11-18(21)19-15-7-5-8-16(20)13-15/h3-11,13,20H,2,12H2,1H3,(H,19,21)/b11-10+. The maximum Gasteiger partial charge on any atom is 0.248 e. The Morgan fingerprint density at radius 2 is 2.05 bits per heavy atom. The lowest BCUT2D eigenvalue weighted by Gasteiger charge is -2.07. The number of carbonyl (C=O) groups is 1. The molecule has 0 fully saturated rings. The molecule has 0 spiro atoms. The number of ether oxygens (including phenoxy) is 1. The van der Waals surface area contributed by atoms with Crippen LogP contribution in [0.15, 0.2) is 54.6 Å². The highest BCUT2D eigenvalue weighted by atomic mass is 16.5. The highest BCUT2D eigenvalue weighted by Crippen LogP contribution is 2.20. The third-order valence-electron chi connectivity index (χ3n) is 2.91. The van der Waals surface area contributed by atoms with Crippen molar-refractivity contribution in [3.05, 3.63) is 60.2 Å². The van der Waals surface area contributed by atoms with Crippen LogP contribution >= 0.6 is 0 Å². The molecule has 0 aliphatic heterocycles. The van der Waals surface area contributed by atoms with Gasteiger partial charge in [0.2, 0.25) is 5.91 Å². The summed E-state index contributed by atoms with van der Waals surface area (Å²) in [7, 11) is 0. The van der Waals surface area contributed by atoms with Gasteiger partial charge in [0.25, 0.3) is 0 Å². The Morgan fingerprint density at radius 3 is 2.82 bits per heavy atom. The van der Waals surface area contributed by atoms with Crippen molar-refractivity contribution >= 4 is 17.7 Å². The molecule has 4 nitrogen and oxygen atoms in total. The first-order valence-corrected chi connectivity index (χ1v) is 7.19. The molecule has 4 heteroatoms. The summed E-state index contributed by atoms with van der Waals surface area (Å²) in [4.78, 5) is 11.9. The molecular formula is C18H19NO3. The van der Waals surface area contributed by atoms with Crippen LogP contribution in [0.4, 0.5) is 5.69 Å². The fourth-order valence-corrected chi connectivity index (χ4v) is 1.89. The summed E-state index contributed by atoms with van der Waals surface area (Å²) >= 11 is 0. The van der Waals surface area contributed by atoms with E-state index in [9.17, 15) is 9.90 Å². The Hall–Kier alpha value is -2.75. The van der Waals surface area contributed by atoms with Crippen molar-refractivity contribution in [3.63, 3.8) is 0 Å². The molecule has 0 saturated heterocycles. The van der Waals surface area contributed by atoms with Crippen LogP contribution in [0.3, 0.4) is 0 Å². The predicted molar refractivity (Wildman–Crippen MR) is 88.0 cm³/mol. The molecule has 2 aromatic carbocycles. The van der Waals surface area contributed by atoms with Gasteiger partial charge in [-0.1, -0.05) is 31.2 Å². The van der Waals surface area contributed by atoms with Crippen LogP contribution in [0.1, 0.15) is 18.9 Å². The van der Waals surface area contributed by atoms with Gasteiger partial charge in [0.15, 0.2) is 0 Å². The molecule has 0 aliphatic rings. The Morgan fingerprint density at radius 1 is 1.23 bits per heavy atom. The SMILES string of the molecule is CCCOc1ccccc1/C=C/C(=O)Nc1cccc(O)c1. The second kappa shape index (κ2) is 7.88. The maximum absolute atomic E-state index is 11.9. The number of hydrogen-bond donors (Lipinski definition) is 2. The number of phenols is 1. The van der Waals surface area contributed by atoms with Crippen molar-refractivity contribution in [2.45, 2.75) is 13.3 Å². The van der Waals surface area contributed by atoms with Gasteiger partial charge in [-0.2, -0.15) is 0 Å². The summed E-state index contributed by atoms with van der Waals surface area (Å²) in [5.41, 5.74) is 1.40. The van der Waals surface area contributed by atoms with Crippen LogP contribution in [0.2, 0.25) is 0 Å². The van der Waals surface area contributed by atoms with Crippen LogP contribution in [0, 0.1) is 0 Å². The Bertz CT molecular complexity index is 665. The molecule has 0 bridgehead atoms. The fraction of sp³-hybridized carbons (Fsp3) is 0.167. The first-order chi connectivity index (χ1) is 10.7. The zero-order valence-corrected chi connectivity index (χ0v) is 12.5. The van der Waals surface area contributed by atoms with Crippen LogP contribution in [0.5, 0.6) is 11.5 Å². The molecule has 0 saturated carbocycles. The van der Waals surface area contributed by atoms with Crippen molar-refractivity contribution in [1.29, 1.82) is 0 Å². The van der Waals surface area contributed by atoms with Gasteiger partial charge in [-0.15, -0.1) is 0 Å². The largest absolute Gasteiger partial charge is 0.508 e. The number of rotatable bonds is 6. The molecule has 22 heavy (non-hydrogen) atoms. The minimum atomic E-state index is -0.268. The molecule has 2 N–H and O–H groups in total. The molecular weight excluding hydrogens is 278 g/mol. The Balaban J connectivity index is 2.03. The molecule has 0 heterocycles. The number of nitrogens with one attached hydrogen (secondary N) is 1. The van der Waals surface area contributed by atoms with Crippen LogP contribution in [0.25, 0.3) is 6.08 Å². The molecule has 0 aliphatic carbocycles. The van der Waals surface area contributed by atoms with Gasteiger partial charge in [-0.05, 0) is 30.7 Å². The summed E-state index contributed by atoms with van der Waals surface area (Å²) in [5.74, 6) is 0.599. The van der Waals surface area contributed by atoms with Gasteiger partial charge in [0.1, 0.15) is 11.5 Å². The zero-order chi connectivity index (χ0) is 15.8. The lowest BCUT2D eigenvalue weighted by atomic mass is 10.2. The van der Waals surface area contributed by atoms with Crippen molar-refractivity contribution in [1.82, 2.24) is 0 Å². The molecule has 0 aromatic heterocycles. The molecule has 2 rings (SSSR count). The molecule has 1 amide bonds. The number of para-hydroxylation sites is 1. The number of anilines is 1. The van der Waals surface area contributed by atoms with E-state index in [1.165, 1.54) is 12.1 Å². The van der Waals surface area contributed by atoms with E-state index in [2.05, 4.69) is 5.32 Å². The highest BCUT2D eigenvalue weighted by molar-refractivity contribution is 6.02. The summed E-state index contributed by atoms with van der Waals surface area (Å²) < 4.78 is 5.64. The summed E-state index contributed by atoms with van der Waals surface area (Å²) in [6.07, 6.45) is 4.08. The minimum absolute atomic E-state index is 0.111. The van der Waals surface area contributed by atoms with Crippen LogP contribution < -0.4 is 10.1 Å². The van der Waals surface area contributed by atoms with E-state index < -0.39 is 0 Å². The topological polar surface area (TPSA) is 58.6 Å². The monoisotopic (exact) mass is 297 g/mol. The predicted octanol–water partition coefficient (Wildman–Crippen LogP) is 3.83. The van der Waals surface area contributed by atoms with Crippen molar-refractivity contribution in [2.75, 3.05) is 11.9 Å². The fourth-order valence-electron chi connectivity index (χ4n) is 1.89. The van der Waals surface area contributed by atoms with E-state index in [0.29, 0.717) is 12.3 Å².